The summed E-state index contributed by atoms with van der Waals surface area (Å²) in [5, 5.41) is 3.81. The molecule has 1 N–H and O–H groups in total. The normalized spacial score (nSPS) is 19.7. The molecule has 4 rings (SSSR count). The topological polar surface area (TPSA) is 56.1 Å². The van der Waals surface area contributed by atoms with Crippen LogP contribution >= 0.6 is 11.3 Å². The first-order chi connectivity index (χ1) is 11.8. The van der Waals surface area contributed by atoms with Crippen molar-refractivity contribution >= 4 is 22.4 Å². The van der Waals surface area contributed by atoms with Crippen LogP contribution in [-0.2, 0) is 27.9 Å². The summed E-state index contributed by atoms with van der Waals surface area (Å²) < 4.78 is 7.70. The fraction of sp³-hybridized carbons (Fsp3) is 0.556. The number of rotatable bonds is 4. The average molecular weight is 345 g/mol. The van der Waals surface area contributed by atoms with Crippen LogP contribution in [0.2, 0.25) is 0 Å². The van der Waals surface area contributed by atoms with Crippen molar-refractivity contribution in [3.63, 3.8) is 0 Å². The van der Waals surface area contributed by atoms with Crippen molar-refractivity contribution in [3.8, 4) is 0 Å². The third-order valence-electron chi connectivity index (χ3n) is 5.16. The maximum atomic E-state index is 12.7. The number of fused-ring (bicyclic) bond motifs is 1. The number of nitrogens with zero attached hydrogens (tertiary/aromatic N) is 2. The smallest absolute Gasteiger partial charge is 0.228 e. The van der Waals surface area contributed by atoms with Gasteiger partial charge in [-0.3, -0.25) is 4.79 Å². The van der Waals surface area contributed by atoms with Crippen LogP contribution in [0.15, 0.2) is 24.5 Å². The van der Waals surface area contributed by atoms with Gasteiger partial charge in [-0.25, -0.2) is 4.98 Å². The summed E-state index contributed by atoms with van der Waals surface area (Å²) in [6.45, 7) is 1.41. The number of carbonyl (C=O) groups is 1. The second-order valence-corrected chi connectivity index (χ2v) is 7.83. The van der Waals surface area contributed by atoms with Gasteiger partial charge in [0.25, 0.3) is 0 Å². The predicted molar refractivity (Wildman–Crippen MR) is 94.5 cm³/mol. The van der Waals surface area contributed by atoms with Gasteiger partial charge in [-0.2, -0.15) is 0 Å². The van der Waals surface area contributed by atoms with E-state index in [2.05, 4.69) is 27.3 Å². The molecule has 0 spiro atoms. The maximum absolute atomic E-state index is 12.7. The molecule has 0 saturated carbocycles. The van der Waals surface area contributed by atoms with Gasteiger partial charge < -0.3 is 14.6 Å². The molecule has 1 saturated heterocycles. The standard InChI is InChI=1S/C18H23N3O2S/c22-16(20-17-19-14-5-1-2-6-15(14)24-17)13-18(7-11-23-12-8-18)21-9-3-4-10-21/h3-4,9-10H,1-2,5-8,11-13H2,(H,19,20,22). The molecule has 0 aromatic carbocycles. The van der Waals surface area contributed by atoms with Crippen LogP contribution in [-0.4, -0.2) is 28.7 Å². The zero-order chi connectivity index (χ0) is 16.4. The number of aromatic nitrogens is 2. The lowest BCUT2D eigenvalue weighted by Crippen LogP contribution is -2.42. The van der Waals surface area contributed by atoms with Crippen LogP contribution in [0, 0.1) is 0 Å². The first-order valence-electron chi connectivity index (χ1n) is 8.75. The Morgan fingerprint density at radius 2 is 2.00 bits per heavy atom. The number of anilines is 1. The Hall–Kier alpha value is -1.66. The van der Waals surface area contributed by atoms with Crippen LogP contribution in [0.5, 0.6) is 0 Å². The molecule has 1 aliphatic carbocycles. The minimum Gasteiger partial charge on any atom is -0.381 e. The third-order valence-corrected chi connectivity index (χ3v) is 6.23. The fourth-order valence-corrected chi connectivity index (χ4v) is 4.86. The lowest BCUT2D eigenvalue weighted by molar-refractivity contribution is -0.119. The molecule has 1 fully saturated rings. The van der Waals surface area contributed by atoms with Gasteiger partial charge >= 0.3 is 0 Å². The Labute approximate surface area is 146 Å². The van der Waals surface area contributed by atoms with E-state index >= 15 is 0 Å². The van der Waals surface area contributed by atoms with E-state index in [4.69, 9.17) is 4.74 Å². The van der Waals surface area contributed by atoms with Gasteiger partial charge in [0.2, 0.25) is 5.91 Å². The van der Waals surface area contributed by atoms with Crippen molar-refractivity contribution in [2.45, 2.75) is 50.5 Å². The van der Waals surface area contributed by atoms with Gasteiger partial charge in [0.05, 0.1) is 17.7 Å². The average Bonchev–Trinajstić information content (AvgIpc) is 3.25. The molecule has 5 nitrogen and oxygen atoms in total. The monoisotopic (exact) mass is 345 g/mol. The summed E-state index contributed by atoms with van der Waals surface area (Å²) in [5.74, 6) is 0.0525. The lowest BCUT2D eigenvalue weighted by Gasteiger charge is -2.38. The van der Waals surface area contributed by atoms with Crippen molar-refractivity contribution in [1.82, 2.24) is 9.55 Å². The van der Waals surface area contributed by atoms with Gasteiger partial charge in [0, 0.05) is 30.5 Å². The lowest BCUT2D eigenvalue weighted by atomic mass is 9.86. The van der Waals surface area contributed by atoms with Gasteiger partial charge in [0.1, 0.15) is 0 Å². The van der Waals surface area contributed by atoms with E-state index in [1.165, 1.54) is 23.4 Å². The Morgan fingerprint density at radius 1 is 1.25 bits per heavy atom. The second-order valence-electron chi connectivity index (χ2n) is 6.75. The first-order valence-corrected chi connectivity index (χ1v) is 9.56. The summed E-state index contributed by atoms with van der Waals surface area (Å²) in [7, 11) is 0. The van der Waals surface area contributed by atoms with Gasteiger partial charge in [0.15, 0.2) is 5.13 Å². The molecule has 0 atom stereocenters. The molecule has 2 aromatic rings. The summed E-state index contributed by atoms with van der Waals surface area (Å²) in [6.07, 6.45) is 10.9. The van der Waals surface area contributed by atoms with E-state index in [0.717, 1.165) is 30.8 Å². The third kappa shape index (κ3) is 3.13. The van der Waals surface area contributed by atoms with Crippen LogP contribution in [0.4, 0.5) is 5.13 Å². The number of nitrogens with one attached hydrogen (secondary N) is 1. The summed E-state index contributed by atoms with van der Waals surface area (Å²) >= 11 is 1.65. The largest absolute Gasteiger partial charge is 0.381 e. The van der Waals surface area contributed by atoms with E-state index in [1.54, 1.807) is 11.3 Å². The van der Waals surface area contributed by atoms with E-state index in [0.29, 0.717) is 19.6 Å². The predicted octanol–water partition coefficient (Wildman–Crippen LogP) is 3.36. The van der Waals surface area contributed by atoms with Crippen molar-refractivity contribution in [1.29, 1.82) is 0 Å². The molecule has 24 heavy (non-hydrogen) atoms. The minimum absolute atomic E-state index is 0.0525. The Balaban J connectivity index is 1.48. The van der Waals surface area contributed by atoms with E-state index in [-0.39, 0.29) is 11.4 Å². The highest BCUT2D eigenvalue weighted by Gasteiger charge is 2.36. The van der Waals surface area contributed by atoms with Crippen molar-refractivity contribution in [2.75, 3.05) is 18.5 Å². The Kier molecular flexibility index (Phi) is 4.41. The number of hydrogen-bond acceptors (Lipinski definition) is 4. The summed E-state index contributed by atoms with van der Waals surface area (Å²) in [5.41, 5.74) is 1.01. The molecule has 2 aromatic heterocycles. The quantitative estimate of drug-likeness (QED) is 0.924. The van der Waals surface area contributed by atoms with Crippen LogP contribution in [0.1, 0.15) is 42.7 Å². The highest BCUT2D eigenvalue weighted by Crippen LogP contribution is 2.34. The number of ether oxygens (including phenoxy) is 1. The Morgan fingerprint density at radius 3 is 2.75 bits per heavy atom. The first kappa shape index (κ1) is 15.8. The molecule has 2 aliphatic rings. The second kappa shape index (κ2) is 6.69. The minimum atomic E-state index is -0.178. The van der Waals surface area contributed by atoms with Crippen LogP contribution in [0.25, 0.3) is 0 Å². The molecule has 1 aliphatic heterocycles. The summed E-state index contributed by atoms with van der Waals surface area (Å²) in [6, 6.07) is 4.04. The molecule has 0 bridgehead atoms. The molecule has 1 amide bonds. The van der Waals surface area contributed by atoms with Crippen LogP contribution < -0.4 is 5.32 Å². The van der Waals surface area contributed by atoms with E-state index in [1.807, 2.05) is 12.1 Å². The van der Waals surface area contributed by atoms with E-state index in [9.17, 15) is 4.79 Å². The zero-order valence-corrected chi connectivity index (χ0v) is 14.6. The molecule has 0 unspecified atom stereocenters. The van der Waals surface area contributed by atoms with Crippen molar-refractivity contribution in [2.24, 2.45) is 0 Å². The number of thiazole rings is 1. The highest BCUT2D eigenvalue weighted by molar-refractivity contribution is 7.15. The van der Waals surface area contributed by atoms with E-state index < -0.39 is 0 Å². The zero-order valence-electron chi connectivity index (χ0n) is 13.8. The summed E-state index contributed by atoms with van der Waals surface area (Å²) in [4.78, 5) is 18.7. The molecular formula is C18H23N3O2S. The van der Waals surface area contributed by atoms with Crippen molar-refractivity contribution < 1.29 is 9.53 Å². The highest BCUT2D eigenvalue weighted by atomic mass is 32.1. The van der Waals surface area contributed by atoms with Gasteiger partial charge in [-0.1, -0.05) is 0 Å². The molecule has 128 valence electrons. The molecule has 3 heterocycles. The van der Waals surface area contributed by atoms with Gasteiger partial charge in [-0.05, 0) is 50.7 Å². The van der Waals surface area contributed by atoms with Crippen molar-refractivity contribution in [3.05, 3.63) is 35.1 Å². The fourth-order valence-electron chi connectivity index (χ4n) is 3.80. The Bertz CT molecular complexity index is 678. The SMILES string of the molecule is O=C(CC1(n2cccc2)CCOCC1)Nc1nc2c(s1)CCCC2. The number of hydrogen-bond donors (Lipinski definition) is 1. The number of amides is 1. The number of carbonyl (C=O) groups excluding carboxylic acids is 1. The molecular weight excluding hydrogens is 322 g/mol. The number of aryl methyl sites for hydroxylation is 2. The molecule has 0 radical (unpaired) electrons. The van der Waals surface area contributed by atoms with Gasteiger partial charge in [-0.15, -0.1) is 11.3 Å². The van der Waals surface area contributed by atoms with Crippen LogP contribution in [0.3, 0.4) is 0 Å². The molecule has 6 heteroatoms. The maximum Gasteiger partial charge on any atom is 0.228 e.